The maximum absolute atomic E-state index is 12.2. The van der Waals surface area contributed by atoms with Gasteiger partial charge in [-0.15, -0.1) is 0 Å². The topological polar surface area (TPSA) is 86.9 Å². The van der Waals surface area contributed by atoms with Gasteiger partial charge in [0.2, 0.25) is 11.8 Å². The Kier molecular flexibility index (Phi) is 5.26. The van der Waals surface area contributed by atoms with Crippen molar-refractivity contribution in [1.29, 1.82) is 0 Å². The van der Waals surface area contributed by atoms with Gasteiger partial charge in [0.1, 0.15) is 0 Å². The fourth-order valence-electron chi connectivity index (χ4n) is 2.82. The molecule has 2 amide bonds. The maximum Gasteiger partial charge on any atom is 0.244 e. The number of fused-ring (bicyclic) bond motifs is 1. The molecule has 0 fully saturated rings. The smallest absolute Gasteiger partial charge is 0.244 e. The van der Waals surface area contributed by atoms with Crippen LogP contribution in [-0.2, 0) is 21.4 Å². The third-order valence-corrected chi connectivity index (χ3v) is 4.33. The SMILES string of the molecule is CC(C)(C)c1cc(NC(=O)CNC(=O)Cc2cccc3ccccc23)n[nH]1. The molecule has 0 aliphatic rings. The number of aromatic amines is 1. The van der Waals surface area contributed by atoms with Crippen LogP contribution < -0.4 is 10.6 Å². The molecule has 0 saturated heterocycles. The van der Waals surface area contributed by atoms with Gasteiger partial charge in [-0.1, -0.05) is 63.2 Å². The Morgan fingerprint density at radius 3 is 2.52 bits per heavy atom. The zero-order valence-electron chi connectivity index (χ0n) is 15.8. The minimum atomic E-state index is -0.312. The first-order chi connectivity index (χ1) is 12.8. The summed E-state index contributed by atoms with van der Waals surface area (Å²) in [5.41, 5.74) is 1.79. The maximum atomic E-state index is 12.2. The van der Waals surface area contributed by atoms with Gasteiger partial charge in [-0.3, -0.25) is 14.7 Å². The fraction of sp³-hybridized carbons (Fsp3) is 0.286. The Morgan fingerprint density at radius 1 is 1.04 bits per heavy atom. The van der Waals surface area contributed by atoms with E-state index in [1.807, 2.05) is 42.5 Å². The summed E-state index contributed by atoms with van der Waals surface area (Å²) in [5.74, 6) is -0.0552. The van der Waals surface area contributed by atoms with Crippen LogP contribution in [0.4, 0.5) is 5.82 Å². The largest absolute Gasteiger partial charge is 0.347 e. The molecule has 1 aromatic heterocycles. The highest BCUT2D eigenvalue weighted by Crippen LogP contribution is 2.22. The molecular formula is C21H24N4O2. The number of H-pyrrole nitrogens is 1. The molecule has 0 unspecified atom stereocenters. The Hall–Kier alpha value is -3.15. The monoisotopic (exact) mass is 364 g/mol. The molecule has 0 spiro atoms. The van der Waals surface area contributed by atoms with Gasteiger partial charge in [0, 0.05) is 17.2 Å². The molecule has 0 aliphatic carbocycles. The number of carbonyl (C=O) groups excluding carboxylic acids is 2. The molecule has 1 heterocycles. The zero-order chi connectivity index (χ0) is 19.4. The summed E-state index contributed by atoms with van der Waals surface area (Å²) in [6.45, 7) is 6.07. The lowest BCUT2D eigenvalue weighted by Crippen LogP contribution is -2.33. The number of benzene rings is 2. The lowest BCUT2D eigenvalue weighted by Gasteiger charge is -2.14. The molecule has 0 atom stereocenters. The molecule has 3 aromatic rings. The van der Waals surface area contributed by atoms with Crippen molar-refractivity contribution in [2.75, 3.05) is 11.9 Å². The van der Waals surface area contributed by atoms with Crippen LogP contribution in [0.5, 0.6) is 0 Å². The highest BCUT2D eigenvalue weighted by atomic mass is 16.2. The molecule has 0 radical (unpaired) electrons. The predicted molar refractivity (Wildman–Crippen MR) is 107 cm³/mol. The number of nitrogens with one attached hydrogen (secondary N) is 3. The number of hydrogen-bond donors (Lipinski definition) is 3. The van der Waals surface area contributed by atoms with Crippen LogP contribution in [-0.4, -0.2) is 28.6 Å². The van der Waals surface area contributed by atoms with Gasteiger partial charge >= 0.3 is 0 Å². The van der Waals surface area contributed by atoms with Crippen LogP contribution in [0, 0.1) is 0 Å². The molecule has 6 nitrogen and oxygen atoms in total. The second-order valence-electron chi connectivity index (χ2n) is 7.56. The summed E-state index contributed by atoms with van der Waals surface area (Å²) in [5, 5.41) is 14.5. The Morgan fingerprint density at radius 2 is 1.78 bits per heavy atom. The molecular weight excluding hydrogens is 340 g/mol. The molecule has 0 saturated carbocycles. The van der Waals surface area contributed by atoms with Crippen LogP contribution in [0.2, 0.25) is 0 Å². The van der Waals surface area contributed by atoms with E-state index >= 15 is 0 Å². The van der Waals surface area contributed by atoms with E-state index in [4.69, 9.17) is 0 Å². The van der Waals surface area contributed by atoms with Crippen LogP contribution >= 0.6 is 0 Å². The molecule has 3 N–H and O–H groups in total. The van der Waals surface area contributed by atoms with E-state index in [-0.39, 0.29) is 30.2 Å². The van der Waals surface area contributed by atoms with E-state index in [1.54, 1.807) is 6.07 Å². The molecule has 140 valence electrons. The summed E-state index contributed by atoms with van der Waals surface area (Å²) in [6, 6.07) is 15.6. The van der Waals surface area contributed by atoms with E-state index < -0.39 is 0 Å². The van der Waals surface area contributed by atoms with Gasteiger partial charge in [-0.25, -0.2) is 0 Å². The predicted octanol–water partition coefficient (Wildman–Crippen LogP) is 3.16. The summed E-state index contributed by atoms with van der Waals surface area (Å²) in [7, 11) is 0. The second kappa shape index (κ2) is 7.61. The fourth-order valence-corrected chi connectivity index (χ4v) is 2.82. The van der Waals surface area contributed by atoms with Gasteiger partial charge in [0.05, 0.1) is 13.0 Å². The van der Waals surface area contributed by atoms with Gasteiger partial charge < -0.3 is 10.6 Å². The van der Waals surface area contributed by atoms with Crippen molar-refractivity contribution in [3.8, 4) is 0 Å². The number of rotatable bonds is 5. The Labute approximate surface area is 158 Å². The van der Waals surface area contributed by atoms with Gasteiger partial charge in [0.15, 0.2) is 5.82 Å². The van der Waals surface area contributed by atoms with Gasteiger partial charge in [-0.2, -0.15) is 5.10 Å². The number of amides is 2. The van der Waals surface area contributed by atoms with Crippen molar-refractivity contribution in [3.05, 3.63) is 59.8 Å². The van der Waals surface area contributed by atoms with Crippen molar-refractivity contribution in [2.24, 2.45) is 0 Å². The molecule has 3 rings (SSSR count). The molecule has 0 aliphatic heterocycles. The van der Waals surface area contributed by atoms with Crippen molar-refractivity contribution in [3.63, 3.8) is 0 Å². The standard InChI is InChI=1S/C21H24N4O2/c1-21(2,3)17-12-18(25-24-17)23-20(27)13-22-19(26)11-15-9-6-8-14-7-4-5-10-16(14)15/h4-10,12H,11,13H2,1-3H3,(H,22,26)(H2,23,24,25,27). The molecule has 2 aromatic carbocycles. The summed E-state index contributed by atoms with van der Waals surface area (Å²) in [4.78, 5) is 24.3. The minimum absolute atomic E-state index is 0.0807. The average Bonchev–Trinajstić information content (AvgIpc) is 3.09. The Bertz CT molecular complexity index is 964. The normalized spacial score (nSPS) is 11.4. The molecule has 0 bridgehead atoms. The lowest BCUT2D eigenvalue weighted by atomic mass is 9.92. The molecule has 6 heteroatoms. The third-order valence-electron chi connectivity index (χ3n) is 4.33. The van der Waals surface area contributed by atoms with Crippen molar-refractivity contribution < 1.29 is 9.59 Å². The highest BCUT2D eigenvalue weighted by molar-refractivity contribution is 5.95. The van der Waals surface area contributed by atoms with E-state index in [2.05, 4.69) is 41.6 Å². The number of carbonyl (C=O) groups is 2. The van der Waals surface area contributed by atoms with Gasteiger partial charge in [0.25, 0.3) is 0 Å². The van der Waals surface area contributed by atoms with Crippen LogP contribution in [0.15, 0.2) is 48.5 Å². The number of nitrogens with zero attached hydrogens (tertiary/aromatic N) is 1. The number of hydrogen-bond acceptors (Lipinski definition) is 3. The highest BCUT2D eigenvalue weighted by Gasteiger charge is 2.17. The first-order valence-electron chi connectivity index (χ1n) is 8.92. The van der Waals surface area contributed by atoms with Crippen molar-refractivity contribution in [1.82, 2.24) is 15.5 Å². The van der Waals surface area contributed by atoms with Crippen LogP contribution in [0.25, 0.3) is 10.8 Å². The second-order valence-corrected chi connectivity index (χ2v) is 7.56. The molecule has 27 heavy (non-hydrogen) atoms. The average molecular weight is 364 g/mol. The number of aromatic nitrogens is 2. The van der Waals surface area contributed by atoms with E-state index in [0.717, 1.165) is 22.0 Å². The van der Waals surface area contributed by atoms with E-state index in [1.165, 1.54) is 0 Å². The summed E-state index contributed by atoms with van der Waals surface area (Å²) in [6.07, 6.45) is 0.227. The minimum Gasteiger partial charge on any atom is -0.347 e. The van der Waals surface area contributed by atoms with Crippen LogP contribution in [0.3, 0.4) is 0 Å². The zero-order valence-corrected chi connectivity index (χ0v) is 15.8. The van der Waals surface area contributed by atoms with E-state index in [9.17, 15) is 9.59 Å². The number of anilines is 1. The Balaban J connectivity index is 1.54. The first-order valence-corrected chi connectivity index (χ1v) is 8.92. The third kappa shape index (κ3) is 4.73. The quantitative estimate of drug-likeness (QED) is 0.650. The van der Waals surface area contributed by atoms with Crippen LogP contribution in [0.1, 0.15) is 32.0 Å². The summed E-state index contributed by atoms with van der Waals surface area (Å²) >= 11 is 0. The first kappa shape index (κ1) is 18.6. The lowest BCUT2D eigenvalue weighted by molar-refractivity contribution is -0.123. The summed E-state index contributed by atoms with van der Waals surface area (Å²) < 4.78 is 0. The van der Waals surface area contributed by atoms with Crippen molar-refractivity contribution in [2.45, 2.75) is 32.6 Å². The van der Waals surface area contributed by atoms with E-state index in [0.29, 0.717) is 5.82 Å². The van der Waals surface area contributed by atoms with Crippen molar-refractivity contribution >= 4 is 28.4 Å². The van der Waals surface area contributed by atoms with Gasteiger partial charge in [-0.05, 0) is 16.3 Å².